The fourth-order valence-corrected chi connectivity index (χ4v) is 4.02. The van der Waals surface area contributed by atoms with Gasteiger partial charge in [0.05, 0.1) is 24.5 Å². The van der Waals surface area contributed by atoms with Crippen LogP contribution in [-0.4, -0.2) is 39.0 Å². The van der Waals surface area contributed by atoms with Gasteiger partial charge in [-0.05, 0) is 53.9 Å². The molecule has 2 heterocycles. The van der Waals surface area contributed by atoms with Crippen LogP contribution < -0.4 is 9.46 Å². The molecular weight excluding hydrogens is 346 g/mol. The van der Waals surface area contributed by atoms with E-state index in [-0.39, 0.29) is 12.1 Å². The molecule has 2 atom stereocenters. The van der Waals surface area contributed by atoms with Crippen molar-refractivity contribution in [3.63, 3.8) is 0 Å². The highest BCUT2D eigenvalue weighted by atomic mass is 32.2. The first-order chi connectivity index (χ1) is 11.5. The lowest BCUT2D eigenvalue weighted by Gasteiger charge is -2.21. The van der Waals surface area contributed by atoms with Gasteiger partial charge in [-0.15, -0.1) is 0 Å². The lowest BCUT2D eigenvalue weighted by molar-refractivity contribution is 0.140. The van der Waals surface area contributed by atoms with Crippen LogP contribution in [0.1, 0.15) is 13.8 Å². The Morgan fingerprint density at radius 3 is 2.54 bits per heavy atom. The molecule has 1 unspecified atom stereocenters. The zero-order valence-electron chi connectivity index (χ0n) is 13.6. The molecule has 5 nitrogen and oxygen atoms in total. The molecule has 1 N–H and O–H groups in total. The predicted octanol–water partition coefficient (Wildman–Crippen LogP) is 2.89. The third-order valence-corrected chi connectivity index (χ3v) is 6.52. The molecule has 3 rings (SSSR count). The maximum Gasteiger partial charge on any atom is 0.214 e. The summed E-state index contributed by atoms with van der Waals surface area (Å²) in [4.78, 5) is 0. The molecule has 1 fully saturated rings. The zero-order valence-corrected chi connectivity index (χ0v) is 15.3. The van der Waals surface area contributed by atoms with E-state index >= 15 is 0 Å². The highest BCUT2D eigenvalue weighted by Gasteiger charge is 2.34. The third-order valence-electron chi connectivity index (χ3n) is 3.96. The van der Waals surface area contributed by atoms with Gasteiger partial charge >= 0.3 is 0 Å². The van der Waals surface area contributed by atoms with Gasteiger partial charge in [-0.25, -0.2) is 13.1 Å². The Balaban J connectivity index is 1.66. The van der Waals surface area contributed by atoms with Gasteiger partial charge in [-0.1, -0.05) is 12.1 Å². The molecule has 0 amide bonds. The lowest BCUT2D eigenvalue weighted by atomic mass is 10.1. The molecule has 24 heavy (non-hydrogen) atoms. The molecular formula is C17H21NO4S2. The van der Waals surface area contributed by atoms with E-state index in [0.29, 0.717) is 19.0 Å². The minimum atomic E-state index is -3.35. The van der Waals surface area contributed by atoms with E-state index in [2.05, 4.69) is 16.2 Å². The molecule has 1 aliphatic heterocycles. The largest absolute Gasteiger partial charge is 0.486 e. The molecule has 1 aliphatic rings. The summed E-state index contributed by atoms with van der Waals surface area (Å²) in [5.41, 5.74) is 2.31. The Labute approximate surface area is 146 Å². The Bertz CT molecular complexity index is 754. The van der Waals surface area contributed by atoms with E-state index in [0.717, 1.165) is 5.56 Å². The molecule has 1 aromatic heterocycles. The van der Waals surface area contributed by atoms with E-state index < -0.39 is 15.3 Å². The Morgan fingerprint density at radius 1 is 1.17 bits per heavy atom. The third kappa shape index (κ3) is 3.97. The Kier molecular flexibility index (Phi) is 5.24. The minimum absolute atomic E-state index is 0.323. The van der Waals surface area contributed by atoms with E-state index in [1.807, 2.05) is 29.6 Å². The molecule has 0 saturated carbocycles. The first kappa shape index (κ1) is 17.4. The summed E-state index contributed by atoms with van der Waals surface area (Å²) in [5.74, 6) is 0.707. The van der Waals surface area contributed by atoms with Crippen molar-refractivity contribution in [2.75, 3.05) is 13.2 Å². The lowest BCUT2D eigenvalue weighted by Crippen LogP contribution is -2.47. The summed E-state index contributed by atoms with van der Waals surface area (Å²) in [6.07, 6.45) is -0.328. The predicted molar refractivity (Wildman–Crippen MR) is 96.0 cm³/mol. The quantitative estimate of drug-likeness (QED) is 0.853. The molecule has 7 heteroatoms. The maximum atomic E-state index is 12.0. The van der Waals surface area contributed by atoms with Gasteiger partial charge < -0.3 is 9.47 Å². The number of hydrogen-bond acceptors (Lipinski definition) is 5. The number of thiophene rings is 1. The summed E-state index contributed by atoms with van der Waals surface area (Å²) in [7, 11) is -3.35. The van der Waals surface area contributed by atoms with E-state index in [9.17, 15) is 8.42 Å². The van der Waals surface area contributed by atoms with Gasteiger partial charge in [0.25, 0.3) is 0 Å². The number of hydrogen-bond donors (Lipinski definition) is 1. The van der Waals surface area contributed by atoms with E-state index in [1.54, 1.807) is 25.2 Å². The second-order valence-corrected chi connectivity index (χ2v) is 9.10. The number of rotatable bonds is 6. The van der Waals surface area contributed by atoms with Gasteiger partial charge in [0.1, 0.15) is 11.9 Å². The average molecular weight is 367 g/mol. The molecule has 2 aromatic rings. The van der Waals surface area contributed by atoms with Crippen LogP contribution in [0.3, 0.4) is 0 Å². The van der Waals surface area contributed by atoms with Crippen LogP contribution in [0, 0.1) is 0 Å². The molecule has 0 aliphatic carbocycles. The van der Waals surface area contributed by atoms with Crippen LogP contribution in [0.15, 0.2) is 41.1 Å². The molecule has 1 aromatic carbocycles. The zero-order chi connectivity index (χ0) is 17.2. The second-order valence-electron chi connectivity index (χ2n) is 6.05. The standard InChI is InChI=1S/C17H21NO4S2/c1-12(2)24(19,20)18-16-9-21-10-17(16)22-15-5-3-13(4-6-15)14-7-8-23-11-14/h3-8,11-12,16-18H,9-10H2,1-2H3/t16-,17?/m1/s1. The Morgan fingerprint density at radius 2 is 1.92 bits per heavy atom. The Hall–Kier alpha value is -1.41. The van der Waals surface area contributed by atoms with Crippen LogP contribution in [0.2, 0.25) is 0 Å². The van der Waals surface area contributed by atoms with Gasteiger partial charge in [0.2, 0.25) is 10.0 Å². The van der Waals surface area contributed by atoms with Crippen LogP contribution >= 0.6 is 11.3 Å². The molecule has 0 spiro atoms. The first-order valence-electron chi connectivity index (χ1n) is 7.84. The van der Waals surface area contributed by atoms with Crippen molar-refractivity contribution in [3.05, 3.63) is 41.1 Å². The van der Waals surface area contributed by atoms with Crippen molar-refractivity contribution in [2.45, 2.75) is 31.2 Å². The topological polar surface area (TPSA) is 64.6 Å². The molecule has 1 saturated heterocycles. The van der Waals surface area contributed by atoms with Crippen LogP contribution in [-0.2, 0) is 14.8 Å². The smallest absolute Gasteiger partial charge is 0.214 e. The summed E-state index contributed by atoms with van der Waals surface area (Å²) in [6, 6.07) is 9.51. The average Bonchev–Trinajstić information content (AvgIpc) is 3.20. The fraction of sp³-hybridized carbons (Fsp3) is 0.412. The fourth-order valence-electron chi connectivity index (χ4n) is 2.44. The second kappa shape index (κ2) is 7.23. The van der Waals surface area contributed by atoms with Crippen molar-refractivity contribution >= 4 is 21.4 Å². The van der Waals surface area contributed by atoms with Crippen LogP contribution in [0.4, 0.5) is 0 Å². The molecule has 0 bridgehead atoms. The van der Waals surface area contributed by atoms with Crippen LogP contribution in [0.25, 0.3) is 11.1 Å². The number of ether oxygens (including phenoxy) is 2. The van der Waals surface area contributed by atoms with Crippen molar-refractivity contribution in [2.24, 2.45) is 0 Å². The maximum absolute atomic E-state index is 12.0. The van der Waals surface area contributed by atoms with Gasteiger partial charge in [-0.3, -0.25) is 0 Å². The number of sulfonamides is 1. The highest BCUT2D eigenvalue weighted by Crippen LogP contribution is 2.25. The van der Waals surface area contributed by atoms with Crippen molar-refractivity contribution < 1.29 is 17.9 Å². The van der Waals surface area contributed by atoms with E-state index in [1.165, 1.54) is 5.56 Å². The number of benzene rings is 1. The summed E-state index contributed by atoms with van der Waals surface area (Å²) < 4.78 is 38.1. The summed E-state index contributed by atoms with van der Waals surface area (Å²) >= 11 is 1.66. The van der Waals surface area contributed by atoms with Gasteiger partial charge in [0.15, 0.2) is 0 Å². The van der Waals surface area contributed by atoms with Crippen molar-refractivity contribution in [3.8, 4) is 16.9 Å². The highest BCUT2D eigenvalue weighted by molar-refractivity contribution is 7.90. The van der Waals surface area contributed by atoms with Gasteiger partial charge in [0, 0.05) is 0 Å². The van der Waals surface area contributed by atoms with Crippen molar-refractivity contribution in [1.82, 2.24) is 4.72 Å². The monoisotopic (exact) mass is 367 g/mol. The van der Waals surface area contributed by atoms with Gasteiger partial charge in [-0.2, -0.15) is 11.3 Å². The van der Waals surface area contributed by atoms with Crippen molar-refractivity contribution in [1.29, 1.82) is 0 Å². The normalized spacial score (nSPS) is 21.3. The first-order valence-corrected chi connectivity index (χ1v) is 10.3. The minimum Gasteiger partial charge on any atom is -0.486 e. The number of nitrogens with one attached hydrogen (secondary N) is 1. The SMILES string of the molecule is CC(C)S(=O)(=O)N[C@@H]1COCC1Oc1ccc(-c2ccsc2)cc1. The van der Waals surface area contributed by atoms with E-state index in [4.69, 9.17) is 9.47 Å². The molecule has 130 valence electrons. The molecule has 0 radical (unpaired) electrons. The summed E-state index contributed by atoms with van der Waals surface area (Å²) in [6.45, 7) is 4.00. The van der Waals surface area contributed by atoms with Crippen LogP contribution in [0.5, 0.6) is 5.75 Å². The summed E-state index contributed by atoms with van der Waals surface area (Å²) in [5, 5.41) is 3.65.